The SMILES string of the molecule is Cc1cc(OCC(O)CO)nc(NC(=O)c2cnc(/C=C\C(=[NH2+])c3ccccc3Cl)[nH]2)n1. The van der Waals surface area contributed by atoms with Gasteiger partial charge in [0.1, 0.15) is 24.2 Å². The number of rotatable bonds is 9. The topological polar surface area (TPSA) is 159 Å². The van der Waals surface area contributed by atoms with Crippen molar-refractivity contribution in [3.8, 4) is 5.88 Å². The lowest BCUT2D eigenvalue weighted by Crippen LogP contribution is -2.39. The van der Waals surface area contributed by atoms with Crippen LogP contribution >= 0.6 is 11.6 Å². The first-order valence-electron chi connectivity index (χ1n) is 9.55. The molecule has 0 aliphatic carbocycles. The summed E-state index contributed by atoms with van der Waals surface area (Å²) >= 11 is 6.13. The average molecular weight is 458 g/mol. The van der Waals surface area contributed by atoms with Gasteiger partial charge in [-0.25, -0.2) is 9.97 Å². The molecule has 3 aromatic rings. The summed E-state index contributed by atoms with van der Waals surface area (Å²) in [5.74, 6) is 0.0788. The van der Waals surface area contributed by atoms with E-state index in [1.807, 2.05) is 12.1 Å². The summed E-state index contributed by atoms with van der Waals surface area (Å²) < 4.78 is 5.31. The first kappa shape index (κ1) is 23.1. The number of anilines is 1. The molecule has 1 amide bonds. The second-order valence-corrected chi connectivity index (χ2v) is 7.13. The first-order valence-corrected chi connectivity index (χ1v) is 9.92. The number of aliphatic hydroxyl groups excluding tert-OH is 2. The Hall–Kier alpha value is -3.60. The number of imidazole rings is 1. The van der Waals surface area contributed by atoms with E-state index in [-0.39, 0.29) is 24.1 Å². The molecule has 0 bridgehead atoms. The molecular weight excluding hydrogens is 436 g/mol. The maximum absolute atomic E-state index is 12.5. The molecular formula is C21H22ClN6O4+. The summed E-state index contributed by atoms with van der Waals surface area (Å²) in [5, 5.41) is 27.4. The van der Waals surface area contributed by atoms with Crippen molar-refractivity contribution in [2.45, 2.75) is 13.0 Å². The van der Waals surface area contributed by atoms with Crippen LogP contribution in [0.15, 0.2) is 42.6 Å². The van der Waals surface area contributed by atoms with Crippen LogP contribution in [0.2, 0.25) is 5.02 Å². The van der Waals surface area contributed by atoms with Crippen LogP contribution in [0.5, 0.6) is 5.88 Å². The van der Waals surface area contributed by atoms with Gasteiger partial charge in [-0.05, 0) is 25.1 Å². The normalized spacial score (nSPS) is 12.0. The quantitative estimate of drug-likeness (QED) is 0.291. The molecule has 0 fully saturated rings. The summed E-state index contributed by atoms with van der Waals surface area (Å²) in [4.78, 5) is 27.7. The number of halogens is 1. The molecule has 0 saturated carbocycles. The zero-order valence-electron chi connectivity index (χ0n) is 17.1. The van der Waals surface area contributed by atoms with E-state index < -0.39 is 18.6 Å². The van der Waals surface area contributed by atoms with Gasteiger partial charge in [0.2, 0.25) is 17.5 Å². The largest absolute Gasteiger partial charge is 0.475 e. The summed E-state index contributed by atoms with van der Waals surface area (Å²) in [6.07, 6.45) is 3.59. The minimum Gasteiger partial charge on any atom is -0.475 e. The molecule has 32 heavy (non-hydrogen) atoms. The van der Waals surface area contributed by atoms with Gasteiger partial charge in [-0.15, -0.1) is 0 Å². The second kappa shape index (κ2) is 10.6. The van der Waals surface area contributed by atoms with Crippen molar-refractivity contribution in [1.29, 1.82) is 0 Å². The van der Waals surface area contributed by atoms with E-state index in [0.29, 0.717) is 27.8 Å². The van der Waals surface area contributed by atoms with Crippen molar-refractivity contribution < 1.29 is 25.2 Å². The van der Waals surface area contributed by atoms with E-state index in [1.54, 1.807) is 37.3 Å². The Kier molecular flexibility index (Phi) is 7.66. The van der Waals surface area contributed by atoms with Gasteiger partial charge >= 0.3 is 0 Å². The number of ether oxygens (including phenoxy) is 1. The molecule has 6 N–H and O–H groups in total. The average Bonchev–Trinajstić information content (AvgIpc) is 3.25. The van der Waals surface area contributed by atoms with E-state index in [4.69, 9.17) is 26.9 Å². The Morgan fingerprint density at radius 2 is 2.16 bits per heavy atom. The number of nitrogens with two attached hydrogens (primary N) is 1. The fourth-order valence-electron chi connectivity index (χ4n) is 2.56. The maximum atomic E-state index is 12.5. The van der Waals surface area contributed by atoms with Gasteiger partial charge in [-0.1, -0.05) is 23.7 Å². The Balaban J connectivity index is 1.65. The highest BCUT2D eigenvalue weighted by molar-refractivity contribution is 6.34. The van der Waals surface area contributed by atoms with E-state index in [9.17, 15) is 9.90 Å². The van der Waals surface area contributed by atoms with Gasteiger partial charge in [0.15, 0.2) is 0 Å². The van der Waals surface area contributed by atoms with E-state index in [2.05, 4.69) is 25.3 Å². The molecule has 0 aliphatic heterocycles. The number of benzene rings is 1. The predicted molar refractivity (Wildman–Crippen MR) is 118 cm³/mol. The number of amides is 1. The van der Waals surface area contributed by atoms with Gasteiger partial charge in [-0.3, -0.25) is 15.5 Å². The molecule has 166 valence electrons. The lowest BCUT2D eigenvalue weighted by molar-refractivity contribution is -0.110. The van der Waals surface area contributed by atoms with Gasteiger partial charge in [0.25, 0.3) is 5.91 Å². The molecule has 1 unspecified atom stereocenters. The number of allylic oxidation sites excluding steroid dienone is 1. The van der Waals surface area contributed by atoms with Crippen LogP contribution in [-0.2, 0) is 0 Å². The smallest absolute Gasteiger partial charge is 0.276 e. The van der Waals surface area contributed by atoms with Crippen molar-refractivity contribution in [2.24, 2.45) is 0 Å². The number of hydrogen-bond acceptors (Lipinski definition) is 7. The standard InChI is InChI=1S/C21H21ClN6O4/c1-12-8-19(32-11-13(30)10-29)27-21(25-12)28-20(31)17-9-24-18(26-17)7-6-16(23)14-4-2-3-5-15(14)22/h2-9,13,23,29-30H,10-11H2,1H3,(H,24,26)(H,25,27,28,31)/p+1/b7-6-,23-16?. The number of aliphatic hydroxyl groups is 2. The number of carbonyl (C=O) groups excluding carboxylic acids is 1. The number of aromatic nitrogens is 4. The molecule has 2 aromatic heterocycles. The molecule has 11 heteroatoms. The highest BCUT2D eigenvalue weighted by Gasteiger charge is 2.13. The van der Waals surface area contributed by atoms with E-state index >= 15 is 0 Å². The monoisotopic (exact) mass is 457 g/mol. The minimum absolute atomic E-state index is 0.0199. The highest BCUT2D eigenvalue weighted by atomic mass is 35.5. The van der Waals surface area contributed by atoms with Crippen molar-refractivity contribution >= 4 is 35.2 Å². The van der Waals surface area contributed by atoms with Crippen molar-refractivity contribution in [1.82, 2.24) is 19.9 Å². The van der Waals surface area contributed by atoms with Crippen molar-refractivity contribution in [2.75, 3.05) is 18.5 Å². The van der Waals surface area contributed by atoms with Crippen LogP contribution in [0.1, 0.15) is 27.6 Å². The van der Waals surface area contributed by atoms with Crippen molar-refractivity contribution in [3.63, 3.8) is 0 Å². The minimum atomic E-state index is -1.04. The molecule has 0 spiro atoms. The molecule has 0 saturated heterocycles. The number of nitrogens with one attached hydrogen (secondary N) is 2. The molecule has 1 atom stereocenters. The van der Waals surface area contributed by atoms with Crippen LogP contribution in [0.25, 0.3) is 6.08 Å². The summed E-state index contributed by atoms with van der Waals surface area (Å²) in [6, 6.07) is 8.72. The number of carbonyl (C=O) groups is 1. The second-order valence-electron chi connectivity index (χ2n) is 6.72. The van der Waals surface area contributed by atoms with Crippen LogP contribution in [0.4, 0.5) is 5.95 Å². The molecule has 10 nitrogen and oxygen atoms in total. The lowest BCUT2D eigenvalue weighted by atomic mass is 10.1. The Labute approximate surface area is 188 Å². The van der Waals surface area contributed by atoms with E-state index in [0.717, 1.165) is 0 Å². The van der Waals surface area contributed by atoms with Crippen LogP contribution in [0, 0.1) is 6.92 Å². The molecule has 0 radical (unpaired) electrons. The molecule has 0 aliphatic rings. The number of aryl methyl sites for hydroxylation is 1. The lowest BCUT2D eigenvalue weighted by Gasteiger charge is -2.10. The number of H-pyrrole nitrogens is 1. The van der Waals surface area contributed by atoms with Gasteiger partial charge in [0.05, 0.1) is 23.4 Å². The third kappa shape index (κ3) is 6.20. The van der Waals surface area contributed by atoms with Crippen LogP contribution in [-0.4, -0.2) is 61.1 Å². The number of hydrogen-bond donors (Lipinski definition) is 5. The molecule has 2 heterocycles. The number of aromatic amines is 1. The third-order valence-electron chi connectivity index (χ3n) is 4.14. The first-order chi connectivity index (χ1) is 15.4. The predicted octanol–water partition coefficient (Wildman–Crippen LogP) is 0.407. The van der Waals surface area contributed by atoms with Gasteiger partial charge < -0.3 is 19.9 Å². The summed E-state index contributed by atoms with van der Waals surface area (Å²) in [5.41, 5.74) is 1.87. The highest BCUT2D eigenvalue weighted by Crippen LogP contribution is 2.16. The zero-order valence-corrected chi connectivity index (χ0v) is 17.9. The fourth-order valence-corrected chi connectivity index (χ4v) is 2.81. The molecule has 1 aromatic carbocycles. The zero-order chi connectivity index (χ0) is 23.1. The van der Waals surface area contributed by atoms with E-state index in [1.165, 1.54) is 6.20 Å². The Morgan fingerprint density at radius 1 is 1.38 bits per heavy atom. The molecule has 3 rings (SSSR count). The van der Waals surface area contributed by atoms with Crippen LogP contribution < -0.4 is 15.5 Å². The fraction of sp³-hybridized carbons (Fsp3) is 0.190. The van der Waals surface area contributed by atoms with Crippen molar-refractivity contribution in [3.05, 3.63) is 70.4 Å². The summed E-state index contributed by atoms with van der Waals surface area (Å²) in [7, 11) is 0. The number of nitrogens with zero attached hydrogens (tertiary/aromatic N) is 3. The van der Waals surface area contributed by atoms with Gasteiger partial charge in [0, 0.05) is 17.8 Å². The maximum Gasteiger partial charge on any atom is 0.276 e. The summed E-state index contributed by atoms with van der Waals surface area (Å²) in [6.45, 7) is 1.11. The van der Waals surface area contributed by atoms with Gasteiger partial charge in [-0.2, -0.15) is 4.98 Å². The Bertz CT molecular complexity index is 1150. The Morgan fingerprint density at radius 3 is 2.91 bits per heavy atom. The third-order valence-corrected chi connectivity index (χ3v) is 4.47. The van der Waals surface area contributed by atoms with Crippen LogP contribution in [0.3, 0.4) is 0 Å².